The maximum absolute atomic E-state index is 12.6. The summed E-state index contributed by atoms with van der Waals surface area (Å²) in [5.41, 5.74) is 0. The molecular formula is C15H28NO5P. The molecule has 0 aromatic rings. The Morgan fingerprint density at radius 2 is 1.55 bits per heavy atom. The summed E-state index contributed by atoms with van der Waals surface area (Å²) in [6.45, 7) is 10.1. The van der Waals surface area contributed by atoms with Crippen LogP contribution in [0, 0.1) is 0 Å². The summed E-state index contributed by atoms with van der Waals surface area (Å²) in [4.78, 5) is 13.9. The van der Waals surface area contributed by atoms with Gasteiger partial charge in [0.05, 0.1) is 12.2 Å². The number of rotatable bonds is 7. The van der Waals surface area contributed by atoms with Crippen molar-refractivity contribution in [2.45, 2.75) is 66.1 Å². The van der Waals surface area contributed by atoms with Crippen LogP contribution < -0.4 is 0 Å². The van der Waals surface area contributed by atoms with Gasteiger partial charge in [0.2, 0.25) is 5.91 Å². The molecule has 0 N–H and O–H groups in total. The first-order valence-corrected chi connectivity index (χ1v) is 9.31. The molecule has 1 aliphatic rings. The van der Waals surface area contributed by atoms with Crippen molar-refractivity contribution in [2.24, 2.45) is 0 Å². The molecule has 1 amide bonds. The van der Waals surface area contributed by atoms with E-state index in [0.717, 1.165) is 32.4 Å². The molecular weight excluding hydrogens is 305 g/mol. The molecule has 0 aromatic carbocycles. The standard InChI is InChI=1S/C15H28NO5P/c1-12(2)19-22(18,20-13(3)4)21-14(5)11-15(17)16-9-7-6-8-10-16/h11-13H,6-10H2,1-5H3/b14-11+. The van der Waals surface area contributed by atoms with Crippen LogP contribution in [0.25, 0.3) is 0 Å². The molecule has 1 heterocycles. The molecule has 0 spiro atoms. The summed E-state index contributed by atoms with van der Waals surface area (Å²) in [5.74, 6) is 0.109. The lowest BCUT2D eigenvalue weighted by Gasteiger charge is -2.26. The zero-order valence-electron chi connectivity index (χ0n) is 14.2. The number of phosphoric ester groups is 1. The highest BCUT2D eigenvalue weighted by Gasteiger charge is 2.31. The molecule has 1 rings (SSSR count). The fourth-order valence-corrected chi connectivity index (χ4v) is 3.74. The van der Waals surface area contributed by atoms with Gasteiger partial charge in [-0.2, -0.15) is 0 Å². The molecule has 0 aliphatic carbocycles. The topological polar surface area (TPSA) is 65.1 Å². The number of piperidine rings is 1. The largest absolute Gasteiger partial charge is 0.530 e. The van der Waals surface area contributed by atoms with Crippen molar-refractivity contribution in [2.75, 3.05) is 13.1 Å². The van der Waals surface area contributed by atoms with E-state index in [2.05, 4.69) is 0 Å². The van der Waals surface area contributed by atoms with Crippen LogP contribution in [-0.2, 0) is 22.9 Å². The third-order valence-electron chi connectivity index (χ3n) is 2.93. The first-order valence-electron chi connectivity index (χ1n) is 7.85. The zero-order valence-corrected chi connectivity index (χ0v) is 15.1. The van der Waals surface area contributed by atoms with E-state index in [1.807, 2.05) is 0 Å². The second-order valence-electron chi connectivity index (χ2n) is 5.99. The molecule has 0 bridgehead atoms. The Bertz CT molecular complexity index is 427. The molecule has 128 valence electrons. The molecule has 1 fully saturated rings. The first kappa shape index (κ1) is 19.2. The highest BCUT2D eigenvalue weighted by Crippen LogP contribution is 2.53. The van der Waals surface area contributed by atoms with E-state index < -0.39 is 7.82 Å². The van der Waals surface area contributed by atoms with Gasteiger partial charge >= 0.3 is 7.82 Å². The third-order valence-corrected chi connectivity index (χ3v) is 4.80. The van der Waals surface area contributed by atoms with Crippen LogP contribution in [0.15, 0.2) is 11.8 Å². The number of allylic oxidation sites excluding steroid dienone is 1. The van der Waals surface area contributed by atoms with Gasteiger partial charge in [0.1, 0.15) is 5.76 Å². The fourth-order valence-electron chi connectivity index (χ4n) is 2.17. The summed E-state index contributed by atoms with van der Waals surface area (Å²) >= 11 is 0. The summed E-state index contributed by atoms with van der Waals surface area (Å²) in [6, 6.07) is 0. The quantitative estimate of drug-likeness (QED) is 0.402. The first-order chi connectivity index (χ1) is 10.2. The van der Waals surface area contributed by atoms with E-state index in [9.17, 15) is 9.36 Å². The molecule has 0 aromatic heterocycles. The second kappa shape index (κ2) is 8.70. The maximum Gasteiger partial charge on any atom is 0.530 e. The summed E-state index contributed by atoms with van der Waals surface area (Å²) in [6.07, 6.45) is 3.93. The lowest BCUT2D eigenvalue weighted by Crippen LogP contribution is -2.34. The SMILES string of the molecule is C/C(=C\C(=O)N1CCCCC1)OP(=O)(OC(C)C)OC(C)C. The molecule has 0 unspecified atom stereocenters. The number of hydrogen-bond donors (Lipinski definition) is 0. The van der Waals surface area contributed by atoms with Crippen molar-refractivity contribution in [3.8, 4) is 0 Å². The van der Waals surface area contributed by atoms with Crippen molar-refractivity contribution in [3.05, 3.63) is 11.8 Å². The molecule has 7 heteroatoms. The molecule has 22 heavy (non-hydrogen) atoms. The number of carbonyl (C=O) groups is 1. The summed E-state index contributed by atoms with van der Waals surface area (Å²) in [5, 5.41) is 0. The Morgan fingerprint density at radius 3 is 2.00 bits per heavy atom. The van der Waals surface area contributed by atoms with E-state index in [0.29, 0.717) is 0 Å². The van der Waals surface area contributed by atoms with Gasteiger partial charge in [-0.3, -0.25) is 13.8 Å². The molecule has 0 atom stereocenters. The van der Waals surface area contributed by atoms with Crippen LogP contribution in [0.1, 0.15) is 53.9 Å². The fraction of sp³-hybridized carbons (Fsp3) is 0.800. The predicted octanol–water partition coefficient (Wildman–Crippen LogP) is 3.88. The minimum absolute atomic E-state index is 0.127. The average molecular weight is 333 g/mol. The third kappa shape index (κ3) is 6.95. The van der Waals surface area contributed by atoms with Gasteiger partial charge in [0, 0.05) is 19.2 Å². The van der Waals surface area contributed by atoms with Crippen molar-refractivity contribution in [3.63, 3.8) is 0 Å². The minimum atomic E-state index is -3.72. The average Bonchev–Trinajstić information content (AvgIpc) is 2.36. The summed E-state index contributed by atoms with van der Waals surface area (Å²) < 4.78 is 28.5. The second-order valence-corrected chi connectivity index (χ2v) is 7.49. The number of carbonyl (C=O) groups excluding carboxylic acids is 1. The molecule has 6 nitrogen and oxygen atoms in total. The molecule has 0 radical (unpaired) electrons. The minimum Gasteiger partial charge on any atom is -0.409 e. The zero-order chi connectivity index (χ0) is 16.8. The van der Waals surface area contributed by atoms with Crippen molar-refractivity contribution < 1.29 is 22.9 Å². The highest BCUT2D eigenvalue weighted by molar-refractivity contribution is 7.48. The monoisotopic (exact) mass is 333 g/mol. The number of phosphoric acid groups is 1. The van der Waals surface area contributed by atoms with Crippen LogP contribution >= 0.6 is 7.82 Å². The van der Waals surface area contributed by atoms with E-state index in [-0.39, 0.29) is 23.9 Å². The van der Waals surface area contributed by atoms with E-state index in [4.69, 9.17) is 13.6 Å². The lowest BCUT2D eigenvalue weighted by atomic mass is 10.1. The Balaban J connectivity index is 2.72. The Labute approximate surface area is 133 Å². The molecule has 1 aliphatic heterocycles. The van der Waals surface area contributed by atoms with Gasteiger partial charge in [-0.1, -0.05) is 0 Å². The van der Waals surface area contributed by atoms with Crippen molar-refractivity contribution >= 4 is 13.7 Å². The number of hydrogen-bond acceptors (Lipinski definition) is 5. The number of nitrogens with zero attached hydrogens (tertiary/aromatic N) is 1. The number of likely N-dealkylation sites (tertiary alicyclic amines) is 1. The van der Waals surface area contributed by atoms with Crippen molar-refractivity contribution in [1.29, 1.82) is 0 Å². The van der Waals surface area contributed by atoms with Gasteiger partial charge < -0.3 is 9.42 Å². The predicted molar refractivity (Wildman–Crippen MR) is 85.3 cm³/mol. The van der Waals surface area contributed by atoms with Crippen molar-refractivity contribution in [1.82, 2.24) is 4.90 Å². The smallest absolute Gasteiger partial charge is 0.409 e. The van der Waals surface area contributed by atoms with Gasteiger partial charge in [0.15, 0.2) is 0 Å². The van der Waals surface area contributed by atoms with Crippen LogP contribution in [0.4, 0.5) is 0 Å². The van der Waals surface area contributed by atoms with Gasteiger partial charge in [-0.05, 0) is 53.9 Å². The van der Waals surface area contributed by atoms with Crippen LogP contribution in [-0.4, -0.2) is 36.1 Å². The Kier molecular flexibility index (Phi) is 7.60. The maximum atomic E-state index is 12.6. The van der Waals surface area contributed by atoms with Crippen LogP contribution in [0.3, 0.4) is 0 Å². The number of amides is 1. The van der Waals surface area contributed by atoms with Gasteiger partial charge in [0.25, 0.3) is 0 Å². The highest BCUT2D eigenvalue weighted by atomic mass is 31.2. The van der Waals surface area contributed by atoms with Gasteiger partial charge in [-0.25, -0.2) is 4.57 Å². The van der Waals surface area contributed by atoms with E-state index in [1.54, 1.807) is 39.5 Å². The Morgan fingerprint density at radius 1 is 1.05 bits per heavy atom. The van der Waals surface area contributed by atoms with Gasteiger partial charge in [-0.15, -0.1) is 0 Å². The van der Waals surface area contributed by atoms with Crippen LogP contribution in [0.2, 0.25) is 0 Å². The van der Waals surface area contributed by atoms with E-state index >= 15 is 0 Å². The van der Waals surface area contributed by atoms with E-state index in [1.165, 1.54) is 6.08 Å². The normalized spacial score (nSPS) is 17.2. The molecule has 0 saturated carbocycles. The lowest BCUT2D eigenvalue weighted by molar-refractivity contribution is -0.127. The Hall–Kier alpha value is -0.840. The molecule has 1 saturated heterocycles. The summed E-state index contributed by atoms with van der Waals surface area (Å²) in [7, 11) is -3.72. The van der Waals surface area contributed by atoms with Crippen LogP contribution in [0.5, 0.6) is 0 Å².